The van der Waals surface area contributed by atoms with Gasteiger partial charge in [0.05, 0.1) is 11.1 Å². The molecule has 0 radical (unpaired) electrons. The maximum absolute atomic E-state index is 13.0. The number of rotatable bonds is 5. The van der Waals surface area contributed by atoms with Crippen molar-refractivity contribution in [3.63, 3.8) is 0 Å². The Labute approximate surface area is 121 Å². The number of carbonyl (C=O) groups excluding carboxylic acids is 2. The van der Waals surface area contributed by atoms with Gasteiger partial charge in [-0.25, -0.2) is 0 Å². The monoisotopic (exact) mass is 299 g/mol. The van der Waals surface area contributed by atoms with E-state index in [1.165, 1.54) is 23.2 Å². The summed E-state index contributed by atoms with van der Waals surface area (Å²) in [6.07, 6.45) is -3.36. The van der Waals surface area contributed by atoms with E-state index in [9.17, 15) is 22.8 Å². The van der Waals surface area contributed by atoms with Crippen LogP contribution in [0, 0.1) is 0 Å². The Balaban J connectivity index is 3.39. The van der Waals surface area contributed by atoms with Gasteiger partial charge < -0.3 is 4.90 Å². The molecular formula is C15H16F3NO2. The van der Waals surface area contributed by atoms with Gasteiger partial charge in [-0.2, -0.15) is 13.2 Å². The number of benzene rings is 1. The number of Topliss-reactive ketones (excluding diaryl/α,β-unsaturated/α-hetero) is 2. The SMILES string of the molecule is CCC(=O)/C(=C\N(C)C)C(=O)c1ccccc1C(F)(F)F. The Morgan fingerprint density at radius 2 is 1.76 bits per heavy atom. The minimum Gasteiger partial charge on any atom is -0.383 e. The molecule has 0 fully saturated rings. The fourth-order valence-corrected chi connectivity index (χ4v) is 1.78. The van der Waals surface area contributed by atoms with Crippen LogP contribution in [0.25, 0.3) is 0 Å². The van der Waals surface area contributed by atoms with Crippen molar-refractivity contribution in [2.45, 2.75) is 19.5 Å². The van der Waals surface area contributed by atoms with E-state index < -0.39 is 28.9 Å². The van der Waals surface area contributed by atoms with E-state index in [4.69, 9.17) is 0 Å². The average Bonchev–Trinajstić information content (AvgIpc) is 2.42. The average molecular weight is 299 g/mol. The second kappa shape index (κ2) is 6.56. The van der Waals surface area contributed by atoms with Crippen molar-refractivity contribution < 1.29 is 22.8 Å². The molecule has 0 spiro atoms. The Kier molecular flexibility index (Phi) is 5.29. The molecule has 21 heavy (non-hydrogen) atoms. The quantitative estimate of drug-likeness (QED) is 0.362. The summed E-state index contributed by atoms with van der Waals surface area (Å²) in [7, 11) is 3.18. The van der Waals surface area contributed by atoms with Gasteiger partial charge in [0.15, 0.2) is 11.6 Å². The van der Waals surface area contributed by atoms with E-state index in [1.807, 2.05) is 0 Å². The lowest BCUT2D eigenvalue weighted by molar-refractivity contribution is -0.138. The fraction of sp³-hybridized carbons (Fsp3) is 0.333. The van der Waals surface area contributed by atoms with Gasteiger partial charge >= 0.3 is 6.18 Å². The highest BCUT2D eigenvalue weighted by molar-refractivity contribution is 6.26. The highest BCUT2D eigenvalue weighted by Gasteiger charge is 2.36. The van der Waals surface area contributed by atoms with Crippen molar-refractivity contribution in [1.82, 2.24) is 4.90 Å². The zero-order valence-corrected chi connectivity index (χ0v) is 12.0. The topological polar surface area (TPSA) is 37.4 Å². The molecule has 6 heteroatoms. The molecule has 1 rings (SSSR count). The Hall–Kier alpha value is -2.11. The minimum atomic E-state index is -4.65. The molecule has 0 amide bonds. The van der Waals surface area contributed by atoms with Gasteiger partial charge in [0.1, 0.15) is 0 Å². The first-order valence-corrected chi connectivity index (χ1v) is 6.30. The normalized spacial score (nSPS) is 12.2. The van der Waals surface area contributed by atoms with Crippen molar-refractivity contribution in [1.29, 1.82) is 0 Å². The predicted molar refractivity (Wildman–Crippen MR) is 72.8 cm³/mol. The third kappa shape index (κ3) is 4.18. The van der Waals surface area contributed by atoms with E-state index in [1.54, 1.807) is 21.0 Å². The number of hydrogen-bond donors (Lipinski definition) is 0. The van der Waals surface area contributed by atoms with Crippen molar-refractivity contribution in [3.05, 3.63) is 47.2 Å². The second-order valence-electron chi connectivity index (χ2n) is 4.66. The standard InChI is InChI=1S/C15H16F3NO2/c1-4-13(20)11(9-19(2)3)14(21)10-7-5-6-8-12(10)15(16,17)18/h5-9H,4H2,1-3H3/b11-9+. The molecule has 0 N–H and O–H groups in total. The second-order valence-corrected chi connectivity index (χ2v) is 4.66. The lowest BCUT2D eigenvalue weighted by Crippen LogP contribution is -2.20. The minimum absolute atomic E-state index is 0.0413. The lowest BCUT2D eigenvalue weighted by Gasteiger charge is -2.14. The van der Waals surface area contributed by atoms with E-state index in [2.05, 4.69) is 0 Å². The predicted octanol–water partition coefficient (Wildman–Crippen LogP) is 3.31. The van der Waals surface area contributed by atoms with Gasteiger partial charge in [-0.05, 0) is 6.07 Å². The molecule has 0 atom stereocenters. The van der Waals surface area contributed by atoms with Crippen molar-refractivity contribution >= 4 is 11.6 Å². The number of alkyl halides is 3. The lowest BCUT2D eigenvalue weighted by atomic mass is 9.95. The molecule has 1 aromatic rings. The smallest absolute Gasteiger partial charge is 0.383 e. The van der Waals surface area contributed by atoms with Crippen LogP contribution in [-0.4, -0.2) is 30.6 Å². The summed E-state index contributed by atoms with van der Waals surface area (Å²) < 4.78 is 38.9. The molecule has 1 aromatic carbocycles. The van der Waals surface area contributed by atoms with Crippen LogP contribution < -0.4 is 0 Å². The zero-order valence-electron chi connectivity index (χ0n) is 12.0. The van der Waals surface area contributed by atoms with Gasteiger partial charge in [-0.3, -0.25) is 9.59 Å². The fourth-order valence-electron chi connectivity index (χ4n) is 1.78. The van der Waals surface area contributed by atoms with Crippen LogP contribution in [0.1, 0.15) is 29.3 Å². The number of halogens is 3. The van der Waals surface area contributed by atoms with Crippen LogP contribution in [0.3, 0.4) is 0 Å². The highest BCUT2D eigenvalue weighted by atomic mass is 19.4. The van der Waals surface area contributed by atoms with Gasteiger partial charge in [-0.1, -0.05) is 25.1 Å². The first-order valence-electron chi connectivity index (χ1n) is 6.30. The van der Waals surface area contributed by atoms with Crippen molar-refractivity contribution in [2.24, 2.45) is 0 Å². The maximum Gasteiger partial charge on any atom is 0.417 e. The van der Waals surface area contributed by atoms with Crippen LogP contribution in [0.15, 0.2) is 36.0 Å². The molecule has 114 valence electrons. The van der Waals surface area contributed by atoms with Crippen molar-refractivity contribution in [2.75, 3.05) is 14.1 Å². The Morgan fingerprint density at radius 3 is 2.24 bits per heavy atom. The summed E-state index contributed by atoms with van der Waals surface area (Å²) >= 11 is 0. The summed E-state index contributed by atoms with van der Waals surface area (Å²) in [6, 6.07) is 4.46. The molecule has 0 aliphatic carbocycles. The number of hydrogen-bond acceptors (Lipinski definition) is 3. The molecular weight excluding hydrogens is 283 g/mol. The van der Waals surface area contributed by atoms with E-state index >= 15 is 0 Å². The molecule has 0 heterocycles. The van der Waals surface area contributed by atoms with E-state index in [0.29, 0.717) is 0 Å². The number of carbonyl (C=O) groups is 2. The maximum atomic E-state index is 13.0. The number of allylic oxidation sites excluding steroid dienone is 1. The number of ketones is 2. The summed E-state index contributed by atoms with van der Waals surface area (Å²) in [5.41, 5.74) is -1.80. The highest BCUT2D eigenvalue weighted by Crippen LogP contribution is 2.33. The van der Waals surface area contributed by atoms with Crippen molar-refractivity contribution in [3.8, 4) is 0 Å². The summed E-state index contributed by atoms with van der Waals surface area (Å²) in [5, 5.41) is 0. The van der Waals surface area contributed by atoms with Gasteiger partial charge in [0, 0.05) is 32.3 Å². The molecule has 3 nitrogen and oxygen atoms in total. The van der Waals surface area contributed by atoms with Crippen LogP contribution in [0.2, 0.25) is 0 Å². The molecule has 0 aliphatic heterocycles. The molecule has 0 bridgehead atoms. The Bertz CT molecular complexity index is 575. The van der Waals surface area contributed by atoms with Crippen LogP contribution in [0.4, 0.5) is 13.2 Å². The van der Waals surface area contributed by atoms with Gasteiger partial charge in [0.2, 0.25) is 0 Å². The van der Waals surface area contributed by atoms with E-state index in [0.717, 1.165) is 12.1 Å². The third-order valence-electron chi connectivity index (χ3n) is 2.73. The first kappa shape index (κ1) is 16.9. The van der Waals surface area contributed by atoms with Crippen LogP contribution in [0.5, 0.6) is 0 Å². The van der Waals surface area contributed by atoms with Gasteiger partial charge in [0.25, 0.3) is 0 Å². The first-order chi connectivity index (χ1) is 9.68. The van der Waals surface area contributed by atoms with Crippen LogP contribution >= 0.6 is 0 Å². The molecule has 0 unspecified atom stereocenters. The van der Waals surface area contributed by atoms with Gasteiger partial charge in [-0.15, -0.1) is 0 Å². The number of nitrogens with zero attached hydrogens (tertiary/aromatic N) is 1. The molecule has 0 saturated heterocycles. The summed E-state index contributed by atoms with van der Waals surface area (Å²) in [6.45, 7) is 1.55. The Morgan fingerprint density at radius 1 is 1.19 bits per heavy atom. The van der Waals surface area contributed by atoms with E-state index in [-0.39, 0.29) is 12.0 Å². The third-order valence-corrected chi connectivity index (χ3v) is 2.73. The summed E-state index contributed by atoms with van der Waals surface area (Å²) in [4.78, 5) is 25.6. The molecule has 0 aliphatic rings. The van der Waals surface area contributed by atoms with Crippen LogP contribution in [-0.2, 0) is 11.0 Å². The zero-order chi connectivity index (χ0) is 16.2. The largest absolute Gasteiger partial charge is 0.417 e. The summed E-state index contributed by atoms with van der Waals surface area (Å²) in [5.74, 6) is -1.41. The molecule has 0 aromatic heterocycles. The molecule has 0 saturated carbocycles.